The molecule has 1 aromatic heterocycles. The highest BCUT2D eigenvalue weighted by Gasteiger charge is 2.14. The van der Waals surface area contributed by atoms with Crippen LogP contribution in [0.3, 0.4) is 0 Å². The first kappa shape index (κ1) is 14.1. The molecule has 0 aliphatic heterocycles. The van der Waals surface area contributed by atoms with Crippen LogP contribution in [0.25, 0.3) is 10.9 Å². The number of aromatic nitrogens is 1. The Kier molecular flexibility index (Phi) is 4.65. The molecule has 3 heteroatoms. The van der Waals surface area contributed by atoms with E-state index >= 15 is 0 Å². The van der Waals surface area contributed by atoms with Crippen LogP contribution in [0, 0.1) is 0 Å². The lowest BCUT2D eigenvalue weighted by molar-refractivity contribution is 0.587. The third-order valence-electron chi connectivity index (χ3n) is 3.78. The molecular formula is C16H21ClN2. The predicted octanol–water partition coefficient (Wildman–Crippen LogP) is 4.60. The maximum Gasteiger partial charge on any atom is 0.129 e. The maximum atomic E-state index is 6.08. The average Bonchev–Trinajstić information content (AvgIpc) is 2.47. The van der Waals surface area contributed by atoms with Crippen molar-refractivity contribution in [2.45, 2.75) is 38.6 Å². The Hall–Kier alpha value is -1.28. The molecule has 2 rings (SSSR count). The lowest BCUT2D eigenvalue weighted by Gasteiger charge is -2.28. The van der Waals surface area contributed by atoms with Crippen LogP contribution in [-0.4, -0.2) is 18.1 Å². The van der Waals surface area contributed by atoms with Gasteiger partial charge in [-0.1, -0.05) is 32.0 Å². The van der Waals surface area contributed by atoms with E-state index in [2.05, 4.69) is 44.0 Å². The molecule has 0 spiro atoms. The van der Waals surface area contributed by atoms with Crippen molar-refractivity contribution in [2.24, 2.45) is 0 Å². The zero-order valence-electron chi connectivity index (χ0n) is 11.9. The molecule has 0 saturated heterocycles. The molecule has 0 aliphatic carbocycles. The third kappa shape index (κ3) is 2.84. The summed E-state index contributed by atoms with van der Waals surface area (Å²) < 4.78 is 0. The molecule has 0 saturated carbocycles. The van der Waals surface area contributed by atoms with Crippen molar-refractivity contribution in [2.75, 3.05) is 11.9 Å². The third-order valence-corrected chi connectivity index (χ3v) is 4.07. The quantitative estimate of drug-likeness (QED) is 0.742. The van der Waals surface area contributed by atoms with Gasteiger partial charge in [0.15, 0.2) is 0 Å². The van der Waals surface area contributed by atoms with E-state index in [4.69, 9.17) is 16.6 Å². The Balaban J connectivity index is 2.49. The number of benzene rings is 1. The Bertz CT molecular complexity index is 549. The molecule has 0 N–H and O–H groups in total. The van der Waals surface area contributed by atoms with Crippen LogP contribution in [0.5, 0.6) is 0 Å². The summed E-state index contributed by atoms with van der Waals surface area (Å²) in [6.07, 6.45) is 2.25. The fourth-order valence-electron chi connectivity index (χ4n) is 2.55. The Labute approximate surface area is 120 Å². The Morgan fingerprint density at radius 3 is 2.53 bits per heavy atom. The van der Waals surface area contributed by atoms with Gasteiger partial charge < -0.3 is 4.90 Å². The standard InChI is InChI=1S/C16H21ClN2/c1-4-13(5-2)19(3)16-10-12(11-17)14-8-6-7-9-15(14)18-16/h6-10,13H,4-5,11H2,1-3H3. The fourth-order valence-corrected chi connectivity index (χ4v) is 2.77. The summed E-state index contributed by atoms with van der Waals surface area (Å²) in [6, 6.07) is 10.8. The lowest BCUT2D eigenvalue weighted by Crippen LogP contribution is -2.31. The number of hydrogen-bond donors (Lipinski definition) is 0. The fraction of sp³-hybridized carbons (Fsp3) is 0.438. The normalized spacial score (nSPS) is 11.2. The second-order valence-electron chi connectivity index (χ2n) is 4.87. The first-order valence-electron chi connectivity index (χ1n) is 6.88. The highest BCUT2D eigenvalue weighted by Crippen LogP contribution is 2.25. The number of alkyl halides is 1. The molecule has 102 valence electrons. The summed E-state index contributed by atoms with van der Waals surface area (Å²) in [5.41, 5.74) is 2.17. The molecule has 0 fully saturated rings. The van der Waals surface area contributed by atoms with E-state index in [0.29, 0.717) is 11.9 Å². The van der Waals surface area contributed by atoms with E-state index in [9.17, 15) is 0 Å². The van der Waals surface area contributed by atoms with E-state index in [-0.39, 0.29) is 0 Å². The highest BCUT2D eigenvalue weighted by molar-refractivity contribution is 6.18. The van der Waals surface area contributed by atoms with Gasteiger partial charge in [0.05, 0.1) is 5.52 Å². The molecule has 2 aromatic rings. The van der Waals surface area contributed by atoms with Crippen LogP contribution >= 0.6 is 11.6 Å². The van der Waals surface area contributed by atoms with Gasteiger partial charge in [-0.15, -0.1) is 11.6 Å². The van der Waals surface area contributed by atoms with Crippen molar-refractivity contribution >= 4 is 28.3 Å². The number of halogens is 1. The molecule has 0 unspecified atom stereocenters. The first-order valence-corrected chi connectivity index (χ1v) is 7.42. The minimum absolute atomic E-state index is 0.521. The largest absolute Gasteiger partial charge is 0.357 e. The summed E-state index contributed by atoms with van der Waals surface area (Å²) in [6.45, 7) is 4.43. The van der Waals surface area contributed by atoms with Gasteiger partial charge in [0.1, 0.15) is 5.82 Å². The first-order chi connectivity index (χ1) is 9.21. The van der Waals surface area contributed by atoms with Gasteiger partial charge in [0, 0.05) is 24.4 Å². The van der Waals surface area contributed by atoms with Crippen molar-refractivity contribution in [3.8, 4) is 0 Å². The van der Waals surface area contributed by atoms with Crippen LogP contribution in [-0.2, 0) is 5.88 Å². The lowest BCUT2D eigenvalue weighted by atomic mass is 10.1. The second-order valence-corrected chi connectivity index (χ2v) is 5.14. The molecule has 0 aliphatic rings. The summed E-state index contributed by atoms with van der Waals surface area (Å²) in [4.78, 5) is 7.03. The average molecular weight is 277 g/mol. The molecule has 1 aromatic carbocycles. The number of pyridine rings is 1. The van der Waals surface area contributed by atoms with Crippen LogP contribution < -0.4 is 4.90 Å². The molecule has 0 amide bonds. The van der Waals surface area contributed by atoms with Gasteiger partial charge in [-0.2, -0.15) is 0 Å². The molecule has 0 radical (unpaired) electrons. The van der Waals surface area contributed by atoms with Crippen molar-refractivity contribution in [3.63, 3.8) is 0 Å². The van der Waals surface area contributed by atoms with Crippen molar-refractivity contribution in [1.82, 2.24) is 4.98 Å². The number of para-hydroxylation sites is 1. The second kappa shape index (κ2) is 6.25. The maximum absolute atomic E-state index is 6.08. The highest BCUT2D eigenvalue weighted by atomic mass is 35.5. The smallest absolute Gasteiger partial charge is 0.129 e. The van der Waals surface area contributed by atoms with Gasteiger partial charge in [-0.3, -0.25) is 0 Å². The van der Waals surface area contributed by atoms with E-state index in [1.165, 1.54) is 0 Å². The summed E-state index contributed by atoms with van der Waals surface area (Å²) in [5, 5.41) is 1.15. The summed E-state index contributed by atoms with van der Waals surface area (Å²) in [5.74, 6) is 1.54. The number of nitrogens with zero attached hydrogens (tertiary/aromatic N) is 2. The van der Waals surface area contributed by atoms with Gasteiger partial charge in [-0.25, -0.2) is 4.98 Å². The topological polar surface area (TPSA) is 16.1 Å². The summed E-state index contributed by atoms with van der Waals surface area (Å²) in [7, 11) is 2.12. The van der Waals surface area contributed by atoms with E-state index in [1.54, 1.807) is 0 Å². The zero-order chi connectivity index (χ0) is 13.8. The van der Waals surface area contributed by atoms with Crippen molar-refractivity contribution < 1.29 is 0 Å². The molecule has 2 nitrogen and oxygen atoms in total. The minimum Gasteiger partial charge on any atom is -0.357 e. The van der Waals surface area contributed by atoms with Crippen molar-refractivity contribution in [1.29, 1.82) is 0 Å². The summed E-state index contributed by atoms with van der Waals surface area (Å²) >= 11 is 6.08. The van der Waals surface area contributed by atoms with Crippen LogP contribution in [0.4, 0.5) is 5.82 Å². The Morgan fingerprint density at radius 1 is 1.21 bits per heavy atom. The molecule has 19 heavy (non-hydrogen) atoms. The number of fused-ring (bicyclic) bond motifs is 1. The Morgan fingerprint density at radius 2 is 1.89 bits per heavy atom. The van der Waals surface area contributed by atoms with Gasteiger partial charge in [-0.05, 0) is 30.5 Å². The van der Waals surface area contributed by atoms with Gasteiger partial charge in [0.2, 0.25) is 0 Å². The molecule has 0 bridgehead atoms. The van der Waals surface area contributed by atoms with Gasteiger partial charge >= 0.3 is 0 Å². The van der Waals surface area contributed by atoms with Crippen LogP contribution in [0.2, 0.25) is 0 Å². The van der Waals surface area contributed by atoms with Crippen LogP contribution in [0.1, 0.15) is 32.3 Å². The molecule has 0 atom stereocenters. The SMILES string of the molecule is CCC(CC)N(C)c1cc(CCl)c2ccccc2n1. The molecule has 1 heterocycles. The zero-order valence-corrected chi connectivity index (χ0v) is 12.6. The number of rotatable bonds is 5. The predicted molar refractivity (Wildman–Crippen MR) is 84.1 cm³/mol. The number of hydrogen-bond acceptors (Lipinski definition) is 2. The van der Waals surface area contributed by atoms with E-state index < -0.39 is 0 Å². The number of anilines is 1. The van der Waals surface area contributed by atoms with Crippen molar-refractivity contribution in [3.05, 3.63) is 35.9 Å². The van der Waals surface area contributed by atoms with Gasteiger partial charge in [0.25, 0.3) is 0 Å². The minimum atomic E-state index is 0.521. The van der Waals surface area contributed by atoms with Crippen LogP contribution in [0.15, 0.2) is 30.3 Å². The molecular weight excluding hydrogens is 256 g/mol. The van der Waals surface area contributed by atoms with E-state index in [0.717, 1.165) is 35.1 Å². The van der Waals surface area contributed by atoms with E-state index in [1.807, 2.05) is 12.1 Å². The monoisotopic (exact) mass is 276 g/mol.